The molecule has 1 aromatic carbocycles. The van der Waals surface area contributed by atoms with Crippen molar-refractivity contribution in [3.8, 4) is 17.3 Å². The van der Waals surface area contributed by atoms with Crippen molar-refractivity contribution in [2.45, 2.75) is 6.54 Å². The van der Waals surface area contributed by atoms with Crippen LogP contribution >= 0.6 is 11.3 Å². The summed E-state index contributed by atoms with van der Waals surface area (Å²) < 4.78 is 10.8. The average molecular weight is 261 g/mol. The van der Waals surface area contributed by atoms with Crippen molar-refractivity contribution < 1.29 is 9.15 Å². The molecule has 2 aromatic heterocycles. The molecule has 92 valence electrons. The van der Waals surface area contributed by atoms with E-state index in [-0.39, 0.29) is 0 Å². The molecule has 0 spiro atoms. The number of rotatable bonds is 3. The smallest absolute Gasteiger partial charge is 0.247 e. The predicted molar refractivity (Wildman–Crippen MR) is 69.6 cm³/mol. The third-order valence-electron chi connectivity index (χ3n) is 2.54. The summed E-state index contributed by atoms with van der Waals surface area (Å²) in [4.78, 5) is 8.73. The highest BCUT2D eigenvalue weighted by Crippen LogP contribution is 2.27. The summed E-state index contributed by atoms with van der Waals surface area (Å²) in [5.41, 5.74) is 7.72. The van der Waals surface area contributed by atoms with E-state index >= 15 is 0 Å². The van der Waals surface area contributed by atoms with Crippen LogP contribution in [0.2, 0.25) is 0 Å². The van der Waals surface area contributed by atoms with Crippen LogP contribution in [0.1, 0.15) is 5.01 Å². The molecule has 5 nitrogen and oxygen atoms in total. The first-order valence-corrected chi connectivity index (χ1v) is 6.27. The number of oxazole rings is 1. The topological polar surface area (TPSA) is 74.2 Å². The highest BCUT2D eigenvalue weighted by Gasteiger charge is 2.12. The van der Waals surface area contributed by atoms with E-state index in [4.69, 9.17) is 14.9 Å². The molecule has 2 heterocycles. The SMILES string of the molecule is COc1ccc2nc(-c3csc(CN)n3)oc2c1. The number of ether oxygens (including phenoxy) is 1. The van der Waals surface area contributed by atoms with Gasteiger partial charge in [-0.3, -0.25) is 0 Å². The van der Waals surface area contributed by atoms with Gasteiger partial charge in [0.25, 0.3) is 0 Å². The first-order valence-electron chi connectivity index (χ1n) is 5.39. The highest BCUT2D eigenvalue weighted by molar-refractivity contribution is 7.09. The van der Waals surface area contributed by atoms with Crippen LogP contribution in [0.3, 0.4) is 0 Å². The molecule has 0 saturated heterocycles. The lowest BCUT2D eigenvalue weighted by Gasteiger charge is -1.95. The van der Waals surface area contributed by atoms with Crippen LogP contribution in [0.4, 0.5) is 0 Å². The summed E-state index contributed by atoms with van der Waals surface area (Å²) in [6.45, 7) is 0.429. The number of benzene rings is 1. The maximum atomic E-state index is 5.67. The lowest BCUT2D eigenvalue weighted by atomic mass is 10.3. The quantitative estimate of drug-likeness (QED) is 0.783. The van der Waals surface area contributed by atoms with Crippen LogP contribution in [0.25, 0.3) is 22.7 Å². The van der Waals surface area contributed by atoms with Crippen molar-refractivity contribution in [3.63, 3.8) is 0 Å². The number of aromatic nitrogens is 2. The molecule has 6 heteroatoms. The molecule has 0 bridgehead atoms. The van der Waals surface area contributed by atoms with Gasteiger partial charge in [0, 0.05) is 18.0 Å². The molecule has 0 fully saturated rings. The molecule has 0 saturated carbocycles. The molecule has 0 atom stereocenters. The lowest BCUT2D eigenvalue weighted by molar-refractivity contribution is 0.414. The van der Waals surface area contributed by atoms with E-state index in [1.165, 1.54) is 11.3 Å². The summed E-state index contributed by atoms with van der Waals surface area (Å²) >= 11 is 1.50. The Labute approximate surface area is 107 Å². The van der Waals surface area contributed by atoms with Crippen LogP contribution in [0.15, 0.2) is 28.0 Å². The number of methoxy groups -OCH3 is 1. The van der Waals surface area contributed by atoms with Crippen molar-refractivity contribution in [2.24, 2.45) is 5.73 Å². The first-order chi connectivity index (χ1) is 8.80. The Bertz CT molecular complexity index is 690. The number of fused-ring (bicyclic) bond motifs is 1. The summed E-state index contributed by atoms with van der Waals surface area (Å²) in [7, 11) is 1.62. The second kappa shape index (κ2) is 4.40. The van der Waals surface area contributed by atoms with Gasteiger partial charge in [-0.25, -0.2) is 9.97 Å². The summed E-state index contributed by atoms with van der Waals surface area (Å²) in [6, 6.07) is 5.51. The average Bonchev–Trinajstić information content (AvgIpc) is 3.03. The third-order valence-corrected chi connectivity index (χ3v) is 3.41. The van der Waals surface area contributed by atoms with E-state index < -0.39 is 0 Å². The van der Waals surface area contributed by atoms with Crippen LogP contribution in [0, 0.1) is 0 Å². The van der Waals surface area contributed by atoms with Gasteiger partial charge in [0.1, 0.15) is 22.0 Å². The Kier molecular flexibility index (Phi) is 2.73. The van der Waals surface area contributed by atoms with Gasteiger partial charge in [-0.15, -0.1) is 11.3 Å². The zero-order valence-corrected chi connectivity index (χ0v) is 10.5. The van der Waals surface area contributed by atoms with Crippen LogP contribution in [-0.4, -0.2) is 17.1 Å². The second-order valence-corrected chi connectivity index (χ2v) is 4.63. The van der Waals surface area contributed by atoms with E-state index in [9.17, 15) is 0 Å². The summed E-state index contributed by atoms with van der Waals surface area (Å²) in [6.07, 6.45) is 0. The second-order valence-electron chi connectivity index (χ2n) is 3.68. The maximum Gasteiger partial charge on any atom is 0.247 e. The van der Waals surface area contributed by atoms with Crippen molar-refractivity contribution in [3.05, 3.63) is 28.6 Å². The molecule has 0 amide bonds. The van der Waals surface area contributed by atoms with E-state index in [2.05, 4.69) is 9.97 Å². The number of nitrogens with two attached hydrogens (primary N) is 1. The molecule has 0 aliphatic carbocycles. The van der Waals surface area contributed by atoms with Crippen molar-refractivity contribution in [1.82, 2.24) is 9.97 Å². The van der Waals surface area contributed by atoms with Gasteiger partial charge in [-0.1, -0.05) is 0 Å². The van der Waals surface area contributed by atoms with Crippen LogP contribution in [-0.2, 0) is 6.54 Å². The summed E-state index contributed by atoms with van der Waals surface area (Å²) in [5, 5.41) is 2.76. The van der Waals surface area contributed by atoms with Crippen LogP contribution in [0.5, 0.6) is 5.75 Å². The molecule has 0 aliphatic heterocycles. The van der Waals surface area contributed by atoms with E-state index in [1.807, 2.05) is 23.6 Å². The van der Waals surface area contributed by atoms with Gasteiger partial charge in [0.15, 0.2) is 5.58 Å². The van der Waals surface area contributed by atoms with Gasteiger partial charge in [-0.2, -0.15) is 0 Å². The highest BCUT2D eigenvalue weighted by atomic mass is 32.1. The third kappa shape index (κ3) is 1.85. The van der Waals surface area contributed by atoms with Crippen molar-refractivity contribution in [2.75, 3.05) is 7.11 Å². The lowest BCUT2D eigenvalue weighted by Crippen LogP contribution is -1.94. The van der Waals surface area contributed by atoms with E-state index in [0.717, 1.165) is 22.0 Å². The van der Waals surface area contributed by atoms with Gasteiger partial charge < -0.3 is 14.9 Å². The Morgan fingerprint density at radius 1 is 1.39 bits per heavy atom. The fraction of sp³-hybridized carbons (Fsp3) is 0.167. The Morgan fingerprint density at radius 2 is 2.28 bits per heavy atom. The number of thiazole rings is 1. The molecule has 0 radical (unpaired) electrons. The normalized spacial score (nSPS) is 11.0. The van der Waals surface area contributed by atoms with Crippen molar-refractivity contribution >= 4 is 22.4 Å². The number of nitrogens with zero attached hydrogens (tertiary/aromatic N) is 2. The minimum Gasteiger partial charge on any atom is -0.497 e. The predicted octanol–water partition coefficient (Wildman–Crippen LogP) is 2.42. The zero-order chi connectivity index (χ0) is 12.5. The molecule has 3 aromatic rings. The molecule has 2 N–H and O–H groups in total. The van der Waals surface area contributed by atoms with Gasteiger partial charge in [-0.05, 0) is 12.1 Å². The monoisotopic (exact) mass is 261 g/mol. The maximum absolute atomic E-state index is 5.67. The molecule has 0 aliphatic rings. The van der Waals surface area contributed by atoms with E-state index in [1.54, 1.807) is 7.11 Å². The Balaban J connectivity index is 2.07. The fourth-order valence-electron chi connectivity index (χ4n) is 1.64. The van der Waals surface area contributed by atoms with Crippen molar-refractivity contribution in [1.29, 1.82) is 0 Å². The molecular formula is C12H11N3O2S. The van der Waals surface area contributed by atoms with Gasteiger partial charge in [0.05, 0.1) is 7.11 Å². The Hall–Kier alpha value is -1.92. The molecule has 18 heavy (non-hydrogen) atoms. The Morgan fingerprint density at radius 3 is 3.00 bits per heavy atom. The largest absolute Gasteiger partial charge is 0.497 e. The molecular weight excluding hydrogens is 250 g/mol. The summed E-state index contributed by atoms with van der Waals surface area (Å²) in [5.74, 6) is 1.25. The first kappa shape index (κ1) is 11.2. The van der Waals surface area contributed by atoms with Gasteiger partial charge in [0.2, 0.25) is 5.89 Å². The van der Waals surface area contributed by atoms with E-state index in [0.29, 0.717) is 18.0 Å². The van der Waals surface area contributed by atoms with Gasteiger partial charge >= 0.3 is 0 Å². The standard InChI is InChI=1S/C12H11N3O2S/c1-16-7-2-3-8-10(4-7)17-12(15-8)9-6-18-11(5-13)14-9/h2-4,6H,5,13H2,1H3. The molecule has 3 rings (SSSR count). The number of hydrogen-bond acceptors (Lipinski definition) is 6. The molecule has 0 unspecified atom stereocenters. The van der Waals surface area contributed by atoms with Crippen LogP contribution < -0.4 is 10.5 Å². The number of hydrogen-bond donors (Lipinski definition) is 1. The minimum atomic E-state index is 0.429. The zero-order valence-electron chi connectivity index (χ0n) is 9.71. The fourth-order valence-corrected chi connectivity index (χ4v) is 2.29. The minimum absolute atomic E-state index is 0.429.